The number of anilines is 1. The van der Waals surface area contributed by atoms with Gasteiger partial charge in [-0.25, -0.2) is 10.5 Å². The fourth-order valence-electron chi connectivity index (χ4n) is 2.61. The zero-order valence-corrected chi connectivity index (χ0v) is 16.4. The Balaban J connectivity index is 1.98. The van der Waals surface area contributed by atoms with E-state index in [2.05, 4.69) is 15.3 Å². The topological polar surface area (TPSA) is 104 Å². The van der Waals surface area contributed by atoms with Crippen LogP contribution in [0, 0.1) is 5.41 Å². The van der Waals surface area contributed by atoms with Crippen LogP contribution in [-0.2, 0) is 4.79 Å². The third kappa shape index (κ3) is 4.83. The second kappa shape index (κ2) is 8.20. The van der Waals surface area contributed by atoms with E-state index in [4.69, 9.17) is 5.21 Å². The van der Waals surface area contributed by atoms with Crippen molar-refractivity contribution in [3.63, 3.8) is 0 Å². The molecule has 2 heterocycles. The summed E-state index contributed by atoms with van der Waals surface area (Å²) in [6.07, 6.45) is 3.49. The van der Waals surface area contributed by atoms with Crippen LogP contribution in [0.3, 0.4) is 0 Å². The first-order valence-corrected chi connectivity index (χ1v) is 9.07. The fourth-order valence-corrected chi connectivity index (χ4v) is 2.61. The Bertz CT molecular complexity index is 1030. The number of hydrogen-bond acceptors (Lipinski definition) is 5. The maximum atomic E-state index is 12.3. The van der Waals surface area contributed by atoms with E-state index in [9.17, 15) is 9.59 Å². The van der Waals surface area contributed by atoms with Gasteiger partial charge in [0.05, 0.1) is 5.69 Å². The Morgan fingerprint density at radius 3 is 2.24 bits per heavy atom. The largest absolute Gasteiger partial charge is 0.310 e. The van der Waals surface area contributed by atoms with Gasteiger partial charge >= 0.3 is 0 Å². The summed E-state index contributed by atoms with van der Waals surface area (Å²) in [6.45, 7) is 5.35. The van der Waals surface area contributed by atoms with E-state index >= 15 is 0 Å². The summed E-state index contributed by atoms with van der Waals surface area (Å²) in [7, 11) is 0. The fraction of sp³-hybridized carbons (Fsp3) is 0.182. The molecule has 0 atom stereocenters. The van der Waals surface area contributed by atoms with E-state index in [1.807, 2.05) is 36.4 Å². The molecule has 2 aromatic heterocycles. The van der Waals surface area contributed by atoms with Crippen LogP contribution < -0.4 is 10.8 Å². The third-order valence-corrected chi connectivity index (χ3v) is 4.29. The van der Waals surface area contributed by atoms with Crippen LogP contribution >= 0.6 is 0 Å². The van der Waals surface area contributed by atoms with Crippen molar-refractivity contribution in [1.82, 2.24) is 15.4 Å². The number of pyridine rings is 2. The number of aromatic nitrogens is 2. The molecule has 29 heavy (non-hydrogen) atoms. The number of nitrogens with zero attached hydrogens (tertiary/aromatic N) is 2. The highest BCUT2D eigenvalue weighted by Crippen LogP contribution is 2.26. The predicted molar refractivity (Wildman–Crippen MR) is 110 cm³/mol. The molecule has 0 unspecified atom stereocenters. The zero-order chi connectivity index (χ0) is 21.0. The van der Waals surface area contributed by atoms with Crippen LogP contribution in [-0.4, -0.2) is 27.0 Å². The van der Waals surface area contributed by atoms with Crippen molar-refractivity contribution in [3.05, 3.63) is 66.5 Å². The summed E-state index contributed by atoms with van der Waals surface area (Å²) < 4.78 is 0. The Morgan fingerprint density at radius 2 is 1.66 bits per heavy atom. The SMILES string of the molecule is CC(C)(C)C(=O)Nc1cc(C(=O)NO)cc(-c2ccc(-c3cccnc3)cc2)n1. The Morgan fingerprint density at radius 1 is 0.966 bits per heavy atom. The molecule has 0 saturated heterocycles. The number of carbonyl (C=O) groups excluding carboxylic acids is 2. The average molecular weight is 390 g/mol. The maximum Gasteiger partial charge on any atom is 0.274 e. The first-order valence-electron chi connectivity index (χ1n) is 9.07. The molecule has 3 aromatic rings. The van der Waals surface area contributed by atoms with Gasteiger partial charge in [-0.3, -0.25) is 19.8 Å². The quantitative estimate of drug-likeness (QED) is 0.463. The summed E-state index contributed by atoms with van der Waals surface area (Å²) >= 11 is 0. The van der Waals surface area contributed by atoms with Gasteiger partial charge in [0, 0.05) is 28.9 Å². The molecule has 0 fully saturated rings. The van der Waals surface area contributed by atoms with Gasteiger partial charge < -0.3 is 5.32 Å². The highest BCUT2D eigenvalue weighted by Gasteiger charge is 2.22. The first-order chi connectivity index (χ1) is 13.8. The molecule has 0 radical (unpaired) electrons. The number of amides is 2. The number of rotatable bonds is 4. The molecule has 0 bridgehead atoms. The molecule has 0 aliphatic carbocycles. The molecular weight excluding hydrogens is 368 g/mol. The van der Waals surface area contributed by atoms with E-state index in [0.29, 0.717) is 5.69 Å². The lowest BCUT2D eigenvalue weighted by atomic mass is 9.96. The van der Waals surface area contributed by atoms with Gasteiger partial charge in [0.15, 0.2) is 0 Å². The average Bonchev–Trinajstić information content (AvgIpc) is 2.73. The summed E-state index contributed by atoms with van der Waals surface area (Å²) in [4.78, 5) is 32.9. The predicted octanol–water partition coefficient (Wildman–Crippen LogP) is 3.91. The smallest absolute Gasteiger partial charge is 0.274 e. The van der Waals surface area contributed by atoms with Crippen molar-refractivity contribution >= 4 is 17.6 Å². The number of carbonyl (C=O) groups is 2. The lowest BCUT2D eigenvalue weighted by molar-refractivity contribution is -0.123. The molecule has 3 N–H and O–H groups in total. The number of benzene rings is 1. The number of hydrogen-bond donors (Lipinski definition) is 3. The molecule has 2 amide bonds. The van der Waals surface area contributed by atoms with Crippen molar-refractivity contribution in [2.75, 3.05) is 5.32 Å². The molecular formula is C22H22N4O3. The van der Waals surface area contributed by atoms with Gasteiger partial charge in [-0.15, -0.1) is 0 Å². The first kappa shape index (κ1) is 20.2. The van der Waals surface area contributed by atoms with E-state index in [-0.39, 0.29) is 17.3 Å². The van der Waals surface area contributed by atoms with E-state index in [1.54, 1.807) is 44.7 Å². The van der Waals surface area contributed by atoms with Crippen molar-refractivity contribution in [2.45, 2.75) is 20.8 Å². The lowest BCUT2D eigenvalue weighted by Gasteiger charge is -2.18. The highest BCUT2D eigenvalue weighted by molar-refractivity contribution is 5.98. The van der Waals surface area contributed by atoms with Crippen LogP contribution in [0.2, 0.25) is 0 Å². The molecule has 3 rings (SSSR count). The Kier molecular flexibility index (Phi) is 5.70. The Labute approximate surface area is 168 Å². The van der Waals surface area contributed by atoms with E-state index < -0.39 is 11.3 Å². The molecule has 0 aliphatic heterocycles. The summed E-state index contributed by atoms with van der Waals surface area (Å²) in [5.74, 6) is -0.686. The van der Waals surface area contributed by atoms with Gasteiger partial charge in [0.25, 0.3) is 5.91 Å². The minimum atomic E-state index is -0.688. The third-order valence-electron chi connectivity index (χ3n) is 4.29. The molecule has 7 nitrogen and oxygen atoms in total. The number of hydroxylamine groups is 1. The molecule has 148 valence electrons. The van der Waals surface area contributed by atoms with Crippen molar-refractivity contribution in [3.8, 4) is 22.4 Å². The van der Waals surface area contributed by atoms with Crippen LogP contribution in [0.1, 0.15) is 31.1 Å². The molecule has 0 aliphatic rings. The highest BCUT2D eigenvalue weighted by atomic mass is 16.5. The van der Waals surface area contributed by atoms with E-state index in [1.165, 1.54) is 6.07 Å². The summed E-state index contributed by atoms with van der Waals surface area (Å²) in [5.41, 5.74) is 4.40. The van der Waals surface area contributed by atoms with Crippen LogP contribution in [0.15, 0.2) is 60.9 Å². The van der Waals surface area contributed by atoms with Gasteiger partial charge in [-0.1, -0.05) is 51.1 Å². The van der Waals surface area contributed by atoms with Gasteiger partial charge in [-0.05, 0) is 29.3 Å². The molecule has 0 saturated carbocycles. The second-order valence-corrected chi connectivity index (χ2v) is 7.59. The Hall–Kier alpha value is -3.58. The second-order valence-electron chi connectivity index (χ2n) is 7.59. The summed E-state index contributed by atoms with van der Waals surface area (Å²) in [5, 5.41) is 11.7. The molecule has 1 aromatic carbocycles. The monoisotopic (exact) mass is 390 g/mol. The van der Waals surface area contributed by atoms with Gasteiger partial charge in [-0.2, -0.15) is 0 Å². The van der Waals surface area contributed by atoms with E-state index in [0.717, 1.165) is 16.7 Å². The minimum Gasteiger partial charge on any atom is -0.310 e. The van der Waals surface area contributed by atoms with Crippen molar-refractivity contribution < 1.29 is 14.8 Å². The molecule has 7 heteroatoms. The summed E-state index contributed by atoms with van der Waals surface area (Å²) in [6, 6.07) is 14.4. The van der Waals surface area contributed by atoms with Gasteiger partial charge in [0.2, 0.25) is 5.91 Å². The number of nitrogens with one attached hydrogen (secondary N) is 2. The normalized spacial score (nSPS) is 11.0. The standard InChI is InChI=1S/C22H22N4O3/c1-22(2,3)21(28)25-19-12-17(20(27)26-29)11-18(24-19)15-8-6-14(7-9-15)16-5-4-10-23-13-16/h4-13,29H,1-3H3,(H,26,27)(H,24,25,28). The van der Waals surface area contributed by atoms with Crippen molar-refractivity contribution in [1.29, 1.82) is 0 Å². The zero-order valence-electron chi connectivity index (χ0n) is 16.4. The molecule has 0 spiro atoms. The lowest BCUT2D eigenvalue weighted by Crippen LogP contribution is -2.28. The van der Waals surface area contributed by atoms with Crippen molar-refractivity contribution in [2.24, 2.45) is 5.41 Å². The minimum absolute atomic E-state index is 0.179. The van der Waals surface area contributed by atoms with Crippen LogP contribution in [0.4, 0.5) is 5.82 Å². The van der Waals surface area contributed by atoms with Gasteiger partial charge in [0.1, 0.15) is 5.82 Å². The van der Waals surface area contributed by atoms with Crippen LogP contribution in [0.5, 0.6) is 0 Å². The van der Waals surface area contributed by atoms with Crippen LogP contribution in [0.25, 0.3) is 22.4 Å². The maximum absolute atomic E-state index is 12.3.